The van der Waals surface area contributed by atoms with E-state index in [1.54, 1.807) is 6.92 Å². The molecule has 8 heteroatoms. The van der Waals surface area contributed by atoms with Gasteiger partial charge in [-0.2, -0.15) is 4.98 Å². The second-order valence-electron chi connectivity index (χ2n) is 6.33. The number of benzene rings is 1. The molecule has 128 valence electrons. The first-order valence-electron chi connectivity index (χ1n) is 7.75. The van der Waals surface area contributed by atoms with E-state index in [-0.39, 0.29) is 23.8 Å². The highest BCUT2D eigenvalue weighted by Gasteiger charge is 2.39. The molecule has 3 rings (SSSR count). The first kappa shape index (κ1) is 16.6. The smallest absolute Gasteiger partial charge is 0.227 e. The van der Waals surface area contributed by atoms with Crippen LogP contribution in [0.2, 0.25) is 0 Å². The molecule has 0 saturated carbocycles. The van der Waals surface area contributed by atoms with Gasteiger partial charge in [-0.3, -0.25) is 4.79 Å². The van der Waals surface area contributed by atoms with Crippen molar-refractivity contribution in [3.63, 3.8) is 0 Å². The highest BCUT2D eigenvalue weighted by molar-refractivity contribution is 7.91. The summed E-state index contributed by atoms with van der Waals surface area (Å²) < 4.78 is 28.3. The fourth-order valence-electron chi connectivity index (χ4n) is 2.79. The van der Waals surface area contributed by atoms with E-state index < -0.39 is 15.4 Å². The first-order valence-corrected chi connectivity index (χ1v) is 9.57. The van der Waals surface area contributed by atoms with Crippen molar-refractivity contribution >= 4 is 15.7 Å². The van der Waals surface area contributed by atoms with E-state index in [1.807, 2.05) is 30.3 Å². The molecule has 0 unspecified atom stereocenters. The van der Waals surface area contributed by atoms with Crippen LogP contribution >= 0.6 is 0 Å². The monoisotopic (exact) mass is 349 g/mol. The van der Waals surface area contributed by atoms with Gasteiger partial charge in [0, 0.05) is 18.4 Å². The van der Waals surface area contributed by atoms with Crippen LogP contribution in [0, 0.1) is 0 Å². The Bertz CT molecular complexity index is 832. The lowest BCUT2D eigenvalue weighted by Crippen LogP contribution is -2.47. The van der Waals surface area contributed by atoms with E-state index in [0.29, 0.717) is 24.6 Å². The van der Waals surface area contributed by atoms with Gasteiger partial charge in [-0.05, 0) is 13.3 Å². The maximum Gasteiger partial charge on any atom is 0.227 e. The zero-order valence-electron chi connectivity index (χ0n) is 13.4. The molecule has 1 aliphatic rings. The van der Waals surface area contributed by atoms with E-state index in [1.165, 1.54) is 0 Å². The van der Waals surface area contributed by atoms with Crippen molar-refractivity contribution in [2.75, 3.05) is 11.5 Å². The van der Waals surface area contributed by atoms with Gasteiger partial charge >= 0.3 is 0 Å². The number of amides is 1. The molecule has 1 N–H and O–H groups in total. The summed E-state index contributed by atoms with van der Waals surface area (Å²) in [5, 5.41) is 6.71. The van der Waals surface area contributed by atoms with Gasteiger partial charge in [0.25, 0.3) is 0 Å². The predicted octanol–water partition coefficient (Wildman–Crippen LogP) is 1.36. The summed E-state index contributed by atoms with van der Waals surface area (Å²) in [6.07, 6.45) is 0.931. The molecule has 1 amide bonds. The third kappa shape index (κ3) is 4.00. The summed E-state index contributed by atoms with van der Waals surface area (Å²) in [4.78, 5) is 16.3. The number of carbonyl (C=O) groups excluding carboxylic acids is 1. The van der Waals surface area contributed by atoms with Gasteiger partial charge in [0.15, 0.2) is 9.84 Å². The molecule has 1 aromatic carbocycles. The highest BCUT2D eigenvalue weighted by Crippen LogP contribution is 2.23. The number of rotatable bonds is 5. The molecule has 1 fully saturated rings. The van der Waals surface area contributed by atoms with Crippen molar-refractivity contribution < 1.29 is 17.7 Å². The number of nitrogens with zero attached hydrogens (tertiary/aromatic N) is 2. The lowest BCUT2D eigenvalue weighted by molar-refractivity contribution is -0.122. The Morgan fingerprint density at radius 3 is 2.75 bits per heavy atom. The molecular weight excluding hydrogens is 330 g/mol. The minimum absolute atomic E-state index is 0.00947. The maximum absolute atomic E-state index is 12.1. The van der Waals surface area contributed by atoms with Crippen LogP contribution in [-0.4, -0.2) is 41.5 Å². The Labute approximate surface area is 140 Å². The highest BCUT2D eigenvalue weighted by atomic mass is 32.2. The van der Waals surface area contributed by atoms with Crippen LogP contribution in [0.4, 0.5) is 0 Å². The van der Waals surface area contributed by atoms with Crippen LogP contribution in [0.15, 0.2) is 34.9 Å². The van der Waals surface area contributed by atoms with E-state index >= 15 is 0 Å². The van der Waals surface area contributed by atoms with E-state index in [0.717, 1.165) is 5.56 Å². The van der Waals surface area contributed by atoms with Crippen LogP contribution < -0.4 is 5.32 Å². The van der Waals surface area contributed by atoms with E-state index in [9.17, 15) is 13.2 Å². The topological polar surface area (TPSA) is 102 Å². The van der Waals surface area contributed by atoms with Gasteiger partial charge in [-0.25, -0.2) is 8.42 Å². The third-order valence-corrected chi connectivity index (χ3v) is 5.91. The standard InChI is InChI=1S/C16H19N3O4S/c1-16(9-10-24(21,22)11-16)18-13(20)7-8-14-17-15(19-23-14)12-5-3-2-4-6-12/h2-6H,7-11H2,1H3,(H,18,20)/t16-/m0/s1. The molecule has 7 nitrogen and oxygen atoms in total. The van der Waals surface area contributed by atoms with Crippen molar-refractivity contribution in [2.24, 2.45) is 0 Å². The molecule has 1 aromatic heterocycles. The Hall–Kier alpha value is -2.22. The zero-order valence-corrected chi connectivity index (χ0v) is 14.2. The summed E-state index contributed by atoms with van der Waals surface area (Å²) in [6.45, 7) is 1.76. The zero-order chi connectivity index (χ0) is 17.2. The molecular formula is C16H19N3O4S. The quantitative estimate of drug-likeness (QED) is 0.874. The summed E-state index contributed by atoms with van der Waals surface area (Å²) in [5.74, 6) is 0.764. The van der Waals surface area contributed by atoms with Crippen LogP contribution in [-0.2, 0) is 21.1 Å². The van der Waals surface area contributed by atoms with Gasteiger partial charge in [-0.1, -0.05) is 35.5 Å². The molecule has 0 radical (unpaired) electrons. The average Bonchev–Trinajstić information content (AvgIpc) is 3.10. The molecule has 1 aliphatic heterocycles. The molecule has 0 spiro atoms. The van der Waals surface area contributed by atoms with Crippen molar-refractivity contribution in [3.05, 3.63) is 36.2 Å². The Balaban J connectivity index is 1.55. The van der Waals surface area contributed by atoms with Crippen molar-refractivity contribution in [2.45, 2.75) is 31.7 Å². The van der Waals surface area contributed by atoms with Gasteiger partial charge in [-0.15, -0.1) is 0 Å². The first-order chi connectivity index (χ1) is 11.4. The largest absolute Gasteiger partial charge is 0.350 e. The molecule has 0 bridgehead atoms. The van der Waals surface area contributed by atoms with Gasteiger partial charge < -0.3 is 9.84 Å². The summed E-state index contributed by atoms with van der Waals surface area (Å²) in [6, 6.07) is 9.42. The number of nitrogens with one attached hydrogen (secondary N) is 1. The minimum atomic E-state index is -3.05. The normalized spacial score (nSPS) is 22.4. The van der Waals surface area contributed by atoms with E-state index in [4.69, 9.17) is 4.52 Å². The molecule has 1 saturated heterocycles. The van der Waals surface area contributed by atoms with Crippen molar-refractivity contribution in [1.29, 1.82) is 0 Å². The number of hydrogen-bond donors (Lipinski definition) is 1. The van der Waals surface area contributed by atoms with Crippen LogP contribution in [0.3, 0.4) is 0 Å². The van der Waals surface area contributed by atoms with Gasteiger partial charge in [0.2, 0.25) is 17.6 Å². The minimum Gasteiger partial charge on any atom is -0.350 e. The lowest BCUT2D eigenvalue weighted by Gasteiger charge is -2.23. The number of sulfone groups is 1. The fourth-order valence-corrected chi connectivity index (χ4v) is 4.88. The number of aromatic nitrogens is 2. The summed E-state index contributed by atoms with van der Waals surface area (Å²) in [5.41, 5.74) is 0.167. The molecule has 24 heavy (non-hydrogen) atoms. The van der Waals surface area contributed by atoms with Crippen LogP contribution in [0.25, 0.3) is 11.4 Å². The number of carbonyl (C=O) groups is 1. The molecule has 0 aliphatic carbocycles. The number of hydrogen-bond acceptors (Lipinski definition) is 6. The third-order valence-electron chi connectivity index (χ3n) is 4.01. The second-order valence-corrected chi connectivity index (χ2v) is 8.51. The lowest BCUT2D eigenvalue weighted by atomic mass is 10.0. The van der Waals surface area contributed by atoms with Gasteiger partial charge in [0.1, 0.15) is 0 Å². The Morgan fingerprint density at radius 2 is 2.08 bits per heavy atom. The average molecular weight is 349 g/mol. The van der Waals surface area contributed by atoms with E-state index in [2.05, 4.69) is 15.5 Å². The SMILES string of the molecule is C[C@]1(NC(=O)CCc2nc(-c3ccccc3)no2)CCS(=O)(=O)C1. The Kier molecular flexibility index (Phi) is 4.40. The van der Waals surface area contributed by atoms with Crippen LogP contribution in [0.5, 0.6) is 0 Å². The van der Waals surface area contributed by atoms with Crippen molar-refractivity contribution in [1.82, 2.24) is 15.5 Å². The summed E-state index contributed by atoms with van der Waals surface area (Å²) >= 11 is 0. The predicted molar refractivity (Wildman–Crippen MR) is 87.9 cm³/mol. The van der Waals surface area contributed by atoms with Crippen LogP contribution in [0.1, 0.15) is 25.7 Å². The summed E-state index contributed by atoms with van der Waals surface area (Å²) in [7, 11) is -3.05. The molecule has 1 atom stereocenters. The Morgan fingerprint density at radius 1 is 1.33 bits per heavy atom. The van der Waals surface area contributed by atoms with Crippen molar-refractivity contribution in [3.8, 4) is 11.4 Å². The van der Waals surface area contributed by atoms with Gasteiger partial charge in [0.05, 0.1) is 17.0 Å². The number of aryl methyl sites for hydroxylation is 1. The molecule has 2 aromatic rings. The second kappa shape index (κ2) is 6.35. The fraction of sp³-hybridized carbons (Fsp3) is 0.438. The molecule has 2 heterocycles. The maximum atomic E-state index is 12.1.